The van der Waals surface area contributed by atoms with Gasteiger partial charge in [0.05, 0.1) is 6.54 Å². The molecule has 2 aromatic rings. The summed E-state index contributed by atoms with van der Waals surface area (Å²) >= 11 is 0. The minimum Gasteiger partial charge on any atom is -0.345 e. The van der Waals surface area contributed by atoms with Gasteiger partial charge in [-0.15, -0.1) is 0 Å². The summed E-state index contributed by atoms with van der Waals surface area (Å²) in [5.41, 5.74) is 3.62. The Balaban J connectivity index is 1.65. The number of nitrogens with zero attached hydrogens (tertiary/aromatic N) is 1. The number of ketones is 1. The fourth-order valence-electron chi connectivity index (χ4n) is 4.01. The summed E-state index contributed by atoms with van der Waals surface area (Å²) in [6.07, 6.45) is 6.27. The number of benzene rings is 1. The Hall–Kier alpha value is -1.94. The number of carbonyl (C=O) groups is 1. The maximum atomic E-state index is 13.6. The molecule has 25 heavy (non-hydrogen) atoms. The predicted octanol–water partition coefficient (Wildman–Crippen LogP) is 4.72. The Bertz CT molecular complexity index is 744. The van der Waals surface area contributed by atoms with Crippen molar-refractivity contribution in [2.75, 3.05) is 6.54 Å². The van der Waals surface area contributed by atoms with Crippen molar-refractivity contribution in [2.45, 2.75) is 58.5 Å². The highest BCUT2D eigenvalue weighted by Crippen LogP contribution is 2.32. The molecule has 1 aromatic carbocycles. The summed E-state index contributed by atoms with van der Waals surface area (Å²) in [7, 11) is 0. The van der Waals surface area contributed by atoms with Gasteiger partial charge in [-0.3, -0.25) is 4.79 Å². The molecule has 1 fully saturated rings. The van der Waals surface area contributed by atoms with Crippen molar-refractivity contribution in [3.63, 3.8) is 0 Å². The van der Waals surface area contributed by atoms with E-state index in [1.165, 1.54) is 43.9 Å². The first-order chi connectivity index (χ1) is 12.1. The van der Waals surface area contributed by atoms with Gasteiger partial charge in [-0.25, -0.2) is 4.39 Å². The van der Waals surface area contributed by atoms with E-state index in [1.807, 2.05) is 13.0 Å². The molecule has 1 N–H and O–H groups in total. The van der Waals surface area contributed by atoms with E-state index < -0.39 is 0 Å². The molecule has 0 radical (unpaired) electrons. The largest absolute Gasteiger partial charge is 0.345 e. The van der Waals surface area contributed by atoms with Crippen molar-refractivity contribution >= 4 is 5.78 Å². The van der Waals surface area contributed by atoms with Crippen molar-refractivity contribution in [1.82, 2.24) is 9.88 Å². The van der Waals surface area contributed by atoms with E-state index in [0.717, 1.165) is 11.3 Å². The van der Waals surface area contributed by atoms with Crippen LogP contribution in [0.1, 0.15) is 65.5 Å². The number of rotatable bonds is 6. The van der Waals surface area contributed by atoms with Crippen LogP contribution in [-0.2, 0) is 6.54 Å². The van der Waals surface area contributed by atoms with Gasteiger partial charge in [-0.1, -0.05) is 37.5 Å². The lowest BCUT2D eigenvalue weighted by Gasteiger charge is -2.26. The van der Waals surface area contributed by atoms with Crippen molar-refractivity contribution < 1.29 is 9.18 Å². The van der Waals surface area contributed by atoms with E-state index in [0.29, 0.717) is 18.2 Å². The molecule has 1 aliphatic rings. The Morgan fingerprint density at radius 2 is 1.92 bits per heavy atom. The van der Waals surface area contributed by atoms with Gasteiger partial charge in [-0.05, 0) is 38.8 Å². The van der Waals surface area contributed by atoms with Crippen LogP contribution in [0.25, 0.3) is 0 Å². The Morgan fingerprint density at radius 1 is 1.20 bits per heavy atom. The number of hydrogen-bond acceptors (Lipinski definition) is 2. The highest BCUT2D eigenvalue weighted by atomic mass is 19.1. The second kappa shape index (κ2) is 7.96. The Labute approximate surface area is 149 Å². The molecule has 0 spiro atoms. The predicted molar refractivity (Wildman–Crippen MR) is 98.5 cm³/mol. The molecule has 0 saturated heterocycles. The highest BCUT2D eigenvalue weighted by Gasteiger charge is 2.22. The van der Waals surface area contributed by atoms with E-state index in [2.05, 4.69) is 16.8 Å². The smallest absolute Gasteiger partial charge is 0.178 e. The van der Waals surface area contributed by atoms with E-state index in [-0.39, 0.29) is 18.1 Å². The maximum Gasteiger partial charge on any atom is 0.178 e. The van der Waals surface area contributed by atoms with Crippen molar-refractivity contribution in [2.24, 2.45) is 0 Å². The van der Waals surface area contributed by atoms with E-state index in [1.54, 1.807) is 18.2 Å². The van der Waals surface area contributed by atoms with Gasteiger partial charge in [0.2, 0.25) is 0 Å². The van der Waals surface area contributed by atoms with Crippen molar-refractivity contribution in [3.8, 4) is 0 Å². The van der Waals surface area contributed by atoms with Gasteiger partial charge >= 0.3 is 0 Å². The zero-order chi connectivity index (χ0) is 17.8. The van der Waals surface area contributed by atoms with Crippen LogP contribution in [0.15, 0.2) is 30.3 Å². The third kappa shape index (κ3) is 4.01. The first-order valence-electron chi connectivity index (χ1n) is 9.23. The zero-order valence-corrected chi connectivity index (χ0v) is 15.1. The van der Waals surface area contributed by atoms with Crippen LogP contribution in [0.3, 0.4) is 0 Å². The van der Waals surface area contributed by atoms with Crippen LogP contribution >= 0.6 is 0 Å². The summed E-state index contributed by atoms with van der Waals surface area (Å²) in [6, 6.07) is 9.20. The molecule has 0 unspecified atom stereocenters. The fourth-order valence-corrected chi connectivity index (χ4v) is 4.01. The average molecular weight is 342 g/mol. The van der Waals surface area contributed by atoms with E-state index in [4.69, 9.17) is 0 Å². The van der Waals surface area contributed by atoms with Gasteiger partial charge in [0.15, 0.2) is 5.78 Å². The normalized spacial score (nSPS) is 15.5. The standard InChI is InChI=1S/C21H27FN2O/c1-15-12-19(16(2)24(15)18-9-4-3-5-10-18)21(25)14-23-13-17-8-6-7-11-20(17)22/h6-8,11-12,18,23H,3-5,9-10,13-14H2,1-2H3. The third-order valence-corrected chi connectivity index (χ3v) is 5.28. The van der Waals surface area contributed by atoms with E-state index >= 15 is 0 Å². The topological polar surface area (TPSA) is 34.0 Å². The van der Waals surface area contributed by atoms with E-state index in [9.17, 15) is 9.18 Å². The molecule has 0 atom stereocenters. The number of carbonyl (C=O) groups excluding carboxylic acids is 1. The number of hydrogen-bond donors (Lipinski definition) is 1. The molecular weight excluding hydrogens is 315 g/mol. The SMILES string of the molecule is Cc1cc(C(=O)CNCc2ccccc2F)c(C)n1C1CCCCC1. The molecule has 1 heterocycles. The van der Waals surface area contributed by atoms with Crippen LogP contribution in [0.2, 0.25) is 0 Å². The molecule has 0 aliphatic heterocycles. The third-order valence-electron chi connectivity index (χ3n) is 5.28. The van der Waals surface area contributed by atoms with Gasteiger partial charge in [0.25, 0.3) is 0 Å². The van der Waals surface area contributed by atoms with Crippen molar-refractivity contribution in [1.29, 1.82) is 0 Å². The Morgan fingerprint density at radius 3 is 2.64 bits per heavy atom. The first kappa shape index (κ1) is 17.9. The lowest BCUT2D eigenvalue weighted by atomic mass is 9.95. The number of aryl methyl sites for hydroxylation is 1. The van der Waals surface area contributed by atoms with Gasteiger partial charge in [-0.2, -0.15) is 0 Å². The van der Waals surface area contributed by atoms with Crippen molar-refractivity contribution in [3.05, 3.63) is 58.7 Å². The maximum absolute atomic E-state index is 13.6. The highest BCUT2D eigenvalue weighted by molar-refractivity contribution is 5.99. The van der Waals surface area contributed by atoms with Crippen LogP contribution in [0, 0.1) is 19.7 Å². The minimum atomic E-state index is -0.238. The molecule has 1 aromatic heterocycles. The van der Waals surface area contributed by atoms with Gasteiger partial charge in [0, 0.05) is 35.1 Å². The molecule has 1 saturated carbocycles. The lowest BCUT2D eigenvalue weighted by molar-refractivity contribution is 0.0990. The van der Waals surface area contributed by atoms with Crippen LogP contribution < -0.4 is 5.32 Å². The summed E-state index contributed by atoms with van der Waals surface area (Å²) < 4.78 is 16.0. The molecule has 3 nitrogen and oxygen atoms in total. The molecular formula is C21H27FN2O. The monoisotopic (exact) mass is 342 g/mol. The molecule has 0 amide bonds. The zero-order valence-electron chi connectivity index (χ0n) is 15.1. The summed E-state index contributed by atoms with van der Waals surface area (Å²) in [4.78, 5) is 12.6. The first-order valence-corrected chi connectivity index (χ1v) is 9.23. The molecule has 4 heteroatoms. The number of nitrogens with one attached hydrogen (secondary N) is 1. The summed E-state index contributed by atoms with van der Waals surface area (Å²) in [5.74, 6) is -0.163. The number of aromatic nitrogens is 1. The second-order valence-corrected chi connectivity index (χ2v) is 7.06. The molecule has 134 valence electrons. The molecule has 3 rings (SSSR count). The van der Waals surface area contributed by atoms with Gasteiger partial charge < -0.3 is 9.88 Å². The quantitative estimate of drug-likeness (QED) is 0.771. The number of halogens is 1. The van der Waals surface area contributed by atoms with Gasteiger partial charge in [0.1, 0.15) is 5.82 Å². The average Bonchev–Trinajstić information content (AvgIpc) is 2.92. The second-order valence-electron chi connectivity index (χ2n) is 7.06. The Kier molecular flexibility index (Phi) is 5.69. The van der Waals surface area contributed by atoms with Crippen LogP contribution in [-0.4, -0.2) is 16.9 Å². The molecule has 0 bridgehead atoms. The lowest BCUT2D eigenvalue weighted by Crippen LogP contribution is -2.23. The van der Waals surface area contributed by atoms with Crippen LogP contribution in [0.5, 0.6) is 0 Å². The summed E-state index contributed by atoms with van der Waals surface area (Å²) in [5, 5.41) is 3.08. The minimum absolute atomic E-state index is 0.0755. The van der Waals surface area contributed by atoms with Crippen LogP contribution in [0.4, 0.5) is 4.39 Å². The summed E-state index contributed by atoms with van der Waals surface area (Å²) in [6.45, 7) is 4.72. The fraction of sp³-hybridized carbons (Fsp3) is 0.476. The molecule has 1 aliphatic carbocycles. The number of Topliss-reactive ketones (excluding diaryl/α,β-unsaturated/α-hetero) is 1.